The van der Waals surface area contributed by atoms with Crippen molar-refractivity contribution in [3.8, 4) is 34.2 Å². The number of hydrogen-bond acceptors (Lipinski definition) is 7. The number of nitrogens with one attached hydrogen (secondary N) is 3. The smallest absolute Gasteiger partial charge is 0.228 e. The van der Waals surface area contributed by atoms with Crippen LogP contribution < -0.4 is 5.32 Å². The first-order valence-electron chi connectivity index (χ1n) is 12.6. The van der Waals surface area contributed by atoms with Crippen molar-refractivity contribution in [3.05, 3.63) is 103 Å². The lowest BCUT2D eigenvalue weighted by Gasteiger charge is -2.07. The number of nitrogens with zero attached hydrogens (tertiary/aromatic N) is 6. The molecular formula is C30H21N9O. The highest BCUT2D eigenvalue weighted by atomic mass is 16.1. The zero-order chi connectivity index (χ0) is 26.9. The molecule has 0 saturated heterocycles. The Morgan fingerprint density at radius 2 is 1.70 bits per heavy atom. The normalized spacial score (nSPS) is 11.2. The van der Waals surface area contributed by atoms with Crippen molar-refractivity contribution in [1.29, 1.82) is 0 Å². The number of H-pyrrole nitrogens is 2. The number of carbonyl (C=O) groups excluding carboxylic acids is 1. The maximum atomic E-state index is 12.6. The number of rotatable bonds is 6. The minimum Gasteiger partial charge on any atom is -0.336 e. The maximum absolute atomic E-state index is 12.6. The number of hydrogen-bond donors (Lipinski definition) is 3. The summed E-state index contributed by atoms with van der Waals surface area (Å²) in [5.74, 6) is 0.485. The predicted molar refractivity (Wildman–Crippen MR) is 152 cm³/mol. The molecule has 0 saturated carbocycles. The Labute approximate surface area is 227 Å². The highest BCUT2D eigenvalue weighted by Gasteiger charge is 2.17. The average Bonchev–Trinajstić information content (AvgIpc) is 3.62. The van der Waals surface area contributed by atoms with E-state index >= 15 is 0 Å². The van der Waals surface area contributed by atoms with E-state index < -0.39 is 0 Å². The van der Waals surface area contributed by atoms with E-state index in [0.717, 1.165) is 33.2 Å². The topological polar surface area (TPSA) is 138 Å². The van der Waals surface area contributed by atoms with Crippen LogP contribution in [-0.2, 0) is 11.2 Å². The number of benzene rings is 1. The van der Waals surface area contributed by atoms with Crippen LogP contribution in [0.5, 0.6) is 0 Å². The molecule has 1 aromatic carbocycles. The van der Waals surface area contributed by atoms with Crippen LogP contribution in [0.2, 0.25) is 0 Å². The van der Waals surface area contributed by atoms with E-state index in [-0.39, 0.29) is 12.3 Å². The Kier molecular flexibility index (Phi) is 5.74. The van der Waals surface area contributed by atoms with Crippen LogP contribution in [0.25, 0.3) is 56.1 Å². The van der Waals surface area contributed by atoms with E-state index in [9.17, 15) is 4.79 Å². The van der Waals surface area contributed by atoms with Crippen molar-refractivity contribution < 1.29 is 4.79 Å². The predicted octanol–water partition coefficient (Wildman–Crippen LogP) is 5.20. The number of imidazole rings is 1. The van der Waals surface area contributed by atoms with E-state index in [1.807, 2.05) is 66.7 Å². The van der Waals surface area contributed by atoms with Gasteiger partial charge in [0.1, 0.15) is 16.9 Å². The molecule has 0 aliphatic rings. The van der Waals surface area contributed by atoms with Crippen molar-refractivity contribution in [1.82, 2.24) is 40.1 Å². The molecule has 40 heavy (non-hydrogen) atoms. The number of carbonyl (C=O) groups is 1. The lowest BCUT2D eigenvalue weighted by molar-refractivity contribution is -0.115. The fourth-order valence-corrected chi connectivity index (χ4v) is 4.63. The molecule has 0 bridgehead atoms. The molecule has 6 aromatic heterocycles. The molecule has 7 rings (SSSR count). The SMILES string of the molecule is O=C(Cc1ccccc1)Nc1cncc(-c2cc3c(-c4nc5c(-c6ccccn6)nccc5[nH]4)n[nH]c3cn2)c1. The van der Waals surface area contributed by atoms with Crippen LogP contribution >= 0.6 is 0 Å². The molecule has 10 nitrogen and oxygen atoms in total. The van der Waals surface area contributed by atoms with E-state index in [1.165, 1.54) is 0 Å². The fraction of sp³-hybridized carbons (Fsp3) is 0.0333. The van der Waals surface area contributed by atoms with Crippen LogP contribution in [0.3, 0.4) is 0 Å². The third-order valence-corrected chi connectivity index (χ3v) is 6.51. The first-order valence-corrected chi connectivity index (χ1v) is 12.6. The molecule has 6 heterocycles. The van der Waals surface area contributed by atoms with Gasteiger partial charge in [0.25, 0.3) is 0 Å². The molecule has 192 valence electrons. The zero-order valence-electron chi connectivity index (χ0n) is 21.0. The number of fused-ring (bicyclic) bond motifs is 2. The van der Waals surface area contributed by atoms with E-state index in [2.05, 4.69) is 40.4 Å². The van der Waals surface area contributed by atoms with Gasteiger partial charge in [-0.05, 0) is 35.9 Å². The number of aromatic amines is 2. The van der Waals surface area contributed by atoms with Crippen LogP contribution in [0.1, 0.15) is 5.56 Å². The molecule has 0 atom stereocenters. The summed E-state index contributed by atoms with van der Waals surface area (Å²) < 4.78 is 0. The van der Waals surface area contributed by atoms with Crippen molar-refractivity contribution in [3.63, 3.8) is 0 Å². The minimum atomic E-state index is -0.116. The van der Waals surface area contributed by atoms with Crippen LogP contribution in [0, 0.1) is 0 Å². The molecule has 0 aliphatic heterocycles. The summed E-state index contributed by atoms with van der Waals surface area (Å²) in [7, 11) is 0. The van der Waals surface area contributed by atoms with Gasteiger partial charge in [-0.15, -0.1) is 0 Å². The van der Waals surface area contributed by atoms with Gasteiger partial charge in [0, 0.05) is 29.5 Å². The average molecular weight is 524 g/mol. The van der Waals surface area contributed by atoms with Crippen molar-refractivity contribution >= 4 is 33.5 Å². The molecule has 0 fully saturated rings. The zero-order valence-corrected chi connectivity index (χ0v) is 21.0. The first kappa shape index (κ1) is 23.4. The van der Waals surface area contributed by atoms with E-state index in [1.54, 1.807) is 31.0 Å². The summed E-state index contributed by atoms with van der Waals surface area (Å²) in [6.45, 7) is 0. The second kappa shape index (κ2) is 9.84. The Balaban J connectivity index is 1.21. The maximum Gasteiger partial charge on any atom is 0.228 e. The van der Waals surface area contributed by atoms with Crippen molar-refractivity contribution in [2.45, 2.75) is 6.42 Å². The summed E-state index contributed by atoms with van der Waals surface area (Å²) in [4.78, 5) is 38.7. The number of anilines is 1. The van der Waals surface area contributed by atoms with Gasteiger partial charge in [-0.2, -0.15) is 5.10 Å². The summed E-state index contributed by atoms with van der Waals surface area (Å²) in [5.41, 5.74) is 7.39. The van der Waals surface area contributed by atoms with Crippen LogP contribution in [0.15, 0.2) is 97.7 Å². The van der Waals surface area contributed by atoms with Crippen molar-refractivity contribution in [2.24, 2.45) is 0 Å². The summed E-state index contributed by atoms with van der Waals surface area (Å²) in [6.07, 6.45) is 8.81. The summed E-state index contributed by atoms with van der Waals surface area (Å²) in [6, 6.07) is 21.0. The number of pyridine rings is 4. The number of amides is 1. The lowest BCUT2D eigenvalue weighted by atomic mass is 10.1. The van der Waals surface area contributed by atoms with Crippen LogP contribution in [0.4, 0.5) is 5.69 Å². The van der Waals surface area contributed by atoms with Gasteiger partial charge in [-0.25, -0.2) is 4.98 Å². The molecule has 0 spiro atoms. The monoisotopic (exact) mass is 523 g/mol. The molecule has 1 amide bonds. The fourth-order valence-electron chi connectivity index (χ4n) is 4.63. The third-order valence-electron chi connectivity index (χ3n) is 6.51. The Bertz CT molecular complexity index is 1980. The van der Waals surface area contributed by atoms with Gasteiger partial charge < -0.3 is 10.3 Å². The summed E-state index contributed by atoms with van der Waals surface area (Å²) in [5, 5.41) is 11.3. The Morgan fingerprint density at radius 1 is 0.800 bits per heavy atom. The molecule has 0 radical (unpaired) electrons. The van der Waals surface area contributed by atoms with Gasteiger partial charge in [0.05, 0.1) is 46.9 Å². The van der Waals surface area contributed by atoms with Crippen molar-refractivity contribution in [2.75, 3.05) is 5.32 Å². The standard InChI is InChI=1S/C30H21N9O/c40-26(12-18-6-2-1-3-7-18)35-20-13-19(15-31-16-20)24-14-21-25(17-34-24)38-39-27(21)30-36-23-9-11-33-28(29(23)37-30)22-8-4-5-10-32-22/h1-11,13-17H,12H2,(H,35,40)(H,36,37)(H,38,39). The second-order valence-electron chi connectivity index (χ2n) is 9.22. The van der Waals surface area contributed by atoms with Gasteiger partial charge in [0.15, 0.2) is 5.82 Å². The second-order valence-corrected chi connectivity index (χ2v) is 9.22. The first-order chi connectivity index (χ1) is 19.7. The van der Waals surface area contributed by atoms with Gasteiger partial charge in [-0.3, -0.25) is 29.8 Å². The lowest BCUT2D eigenvalue weighted by Crippen LogP contribution is -2.14. The largest absolute Gasteiger partial charge is 0.336 e. The Morgan fingerprint density at radius 3 is 2.58 bits per heavy atom. The Hall–Kier alpha value is -5.77. The highest BCUT2D eigenvalue weighted by molar-refractivity contribution is 5.97. The minimum absolute atomic E-state index is 0.116. The van der Waals surface area contributed by atoms with Gasteiger partial charge in [-0.1, -0.05) is 36.4 Å². The molecule has 3 N–H and O–H groups in total. The summed E-state index contributed by atoms with van der Waals surface area (Å²) >= 11 is 0. The van der Waals surface area contributed by atoms with E-state index in [0.29, 0.717) is 34.1 Å². The molecule has 0 aliphatic carbocycles. The van der Waals surface area contributed by atoms with Gasteiger partial charge in [0.2, 0.25) is 5.91 Å². The molecular weight excluding hydrogens is 502 g/mol. The number of aromatic nitrogens is 8. The quantitative estimate of drug-likeness (QED) is 0.272. The molecule has 7 aromatic rings. The van der Waals surface area contributed by atoms with Crippen LogP contribution in [-0.4, -0.2) is 46.0 Å². The third kappa shape index (κ3) is 4.43. The molecule has 0 unspecified atom stereocenters. The molecule has 10 heteroatoms. The highest BCUT2D eigenvalue weighted by Crippen LogP contribution is 2.31. The van der Waals surface area contributed by atoms with E-state index in [4.69, 9.17) is 4.98 Å². The van der Waals surface area contributed by atoms with Gasteiger partial charge >= 0.3 is 0 Å².